The van der Waals surface area contributed by atoms with Crippen LogP contribution < -0.4 is 20.3 Å². The van der Waals surface area contributed by atoms with E-state index < -0.39 is 22.2 Å². The number of rotatable bonds is 8. The number of anilines is 1. The van der Waals surface area contributed by atoms with E-state index in [1.807, 2.05) is 56.6 Å². The number of fused-ring (bicyclic) bond motifs is 1. The third-order valence-electron chi connectivity index (χ3n) is 9.25. The van der Waals surface area contributed by atoms with Crippen LogP contribution in [0.25, 0.3) is 22.1 Å². The summed E-state index contributed by atoms with van der Waals surface area (Å²) in [6.45, 7) is 1.84. The average Bonchev–Trinajstić information content (AvgIpc) is 3.76. The number of nitrogens with one attached hydrogen (secondary N) is 3. The molecule has 2 aliphatic rings. The second kappa shape index (κ2) is 12.8. The fourth-order valence-corrected chi connectivity index (χ4v) is 8.01. The van der Waals surface area contributed by atoms with Crippen LogP contribution in [0.1, 0.15) is 77.0 Å². The van der Waals surface area contributed by atoms with E-state index in [0.717, 1.165) is 54.2 Å². The Morgan fingerprint density at radius 1 is 1.02 bits per heavy atom. The third kappa shape index (κ3) is 6.26. The molecule has 6 aromatic rings. The van der Waals surface area contributed by atoms with Gasteiger partial charge in [-0.15, -0.1) is 5.10 Å². The van der Waals surface area contributed by atoms with Crippen molar-refractivity contribution in [1.29, 1.82) is 0 Å². The molecule has 0 radical (unpaired) electrons. The Morgan fingerprint density at radius 3 is 2.59 bits per heavy atom. The molecule has 0 saturated heterocycles. The SMILES string of the molecule is C[C@H](NC(=O)c1c(NS(=O)(=O)NC2CC2)nn2cccnc12)c1c2c3c(ccc(C#Cc4cnn(C)c4)c3c(=O)n1-c1ccccc1)CCCC2. The molecule has 0 bridgehead atoms. The summed E-state index contributed by atoms with van der Waals surface area (Å²) < 4.78 is 35.6. The zero-order chi connectivity index (χ0) is 35.3. The van der Waals surface area contributed by atoms with E-state index in [2.05, 4.69) is 47.8 Å². The predicted octanol–water partition coefficient (Wildman–Crippen LogP) is 3.95. The van der Waals surface area contributed by atoms with Crippen molar-refractivity contribution in [3.63, 3.8) is 0 Å². The molecule has 3 N–H and O–H groups in total. The van der Waals surface area contributed by atoms with Crippen molar-refractivity contribution in [2.24, 2.45) is 7.05 Å². The first-order chi connectivity index (χ1) is 24.7. The summed E-state index contributed by atoms with van der Waals surface area (Å²) in [5, 5.41) is 13.1. The summed E-state index contributed by atoms with van der Waals surface area (Å²) in [4.78, 5) is 33.5. The Balaban J connectivity index is 1.28. The molecule has 2 aromatic carbocycles. The highest BCUT2D eigenvalue weighted by Gasteiger charge is 2.32. The molecule has 1 atom stereocenters. The van der Waals surface area contributed by atoms with E-state index in [1.165, 1.54) is 10.7 Å². The highest BCUT2D eigenvalue weighted by molar-refractivity contribution is 7.90. The minimum absolute atomic E-state index is 0.0301. The lowest BCUT2D eigenvalue weighted by Gasteiger charge is -2.25. The molecule has 4 aromatic heterocycles. The van der Waals surface area contributed by atoms with Crippen LogP contribution in [0.15, 0.2) is 78.1 Å². The fraction of sp³-hybridized carbons (Fsp3) is 0.270. The van der Waals surface area contributed by atoms with Gasteiger partial charge in [0.05, 0.1) is 28.9 Å². The van der Waals surface area contributed by atoms with Gasteiger partial charge in [0, 0.05) is 42.9 Å². The van der Waals surface area contributed by atoms with E-state index in [4.69, 9.17) is 0 Å². The number of carbonyl (C=O) groups is 1. The zero-order valence-electron chi connectivity index (χ0n) is 28.1. The molecule has 0 aliphatic heterocycles. The molecule has 1 amide bonds. The zero-order valence-corrected chi connectivity index (χ0v) is 28.9. The first-order valence-electron chi connectivity index (χ1n) is 16.9. The van der Waals surface area contributed by atoms with Gasteiger partial charge in [0.2, 0.25) is 0 Å². The molecule has 258 valence electrons. The predicted molar refractivity (Wildman–Crippen MR) is 193 cm³/mol. The molecule has 1 saturated carbocycles. The maximum atomic E-state index is 14.9. The Bertz CT molecular complexity index is 2580. The molecule has 1 fully saturated rings. The average molecular weight is 702 g/mol. The van der Waals surface area contributed by atoms with E-state index in [1.54, 1.807) is 27.7 Å². The Morgan fingerprint density at radius 2 is 1.82 bits per heavy atom. The van der Waals surface area contributed by atoms with Gasteiger partial charge in [0.25, 0.3) is 11.5 Å². The van der Waals surface area contributed by atoms with Gasteiger partial charge in [0.1, 0.15) is 5.56 Å². The second-order valence-electron chi connectivity index (χ2n) is 13.0. The van der Waals surface area contributed by atoms with Gasteiger partial charge < -0.3 is 5.32 Å². The van der Waals surface area contributed by atoms with Crippen LogP contribution in [0.4, 0.5) is 5.82 Å². The quantitative estimate of drug-likeness (QED) is 0.203. The van der Waals surface area contributed by atoms with Crippen molar-refractivity contribution in [2.45, 2.75) is 57.5 Å². The van der Waals surface area contributed by atoms with Gasteiger partial charge in [-0.3, -0.25) is 23.6 Å². The molecule has 0 spiro atoms. The van der Waals surface area contributed by atoms with Crippen LogP contribution in [0.5, 0.6) is 0 Å². The van der Waals surface area contributed by atoms with E-state index in [0.29, 0.717) is 28.8 Å². The summed E-state index contributed by atoms with van der Waals surface area (Å²) in [6.07, 6.45) is 11.4. The number of aromatic nitrogens is 6. The Labute approximate surface area is 293 Å². The molecule has 51 heavy (non-hydrogen) atoms. The number of nitrogens with zero attached hydrogens (tertiary/aromatic N) is 6. The maximum absolute atomic E-state index is 14.9. The highest BCUT2D eigenvalue weighted by atomic mass is 32.2. The number of pyridine rings is 1. The summed E-state index contributed by atoms with van der Waals surface area (Å²) in [5.74, 6) is 5.68. The summed E-state index contributed by atoms with van der Waals surface area (Å²) >= 11 is 0. The van der Waals surface area contributed by atoms with Crippen LogP contribution in [0, 0.1) is 11.8 Å². The van der Waals surface area contributed by atoms with Crippen molar-refractivity contribution in [2.75, 3.05) is 4.72 Å². The van der Waals surface area contributed by atoms with Crippen LogP contribution in [0.2, 0.25) is 0 Å². The number of benzene rings is 2. The van der Waals surface area contributed by atoms with Crippen molar-refractivity contribution >= 4 is 38.4 Å². The van der Waals surface area contributed by atoms with Gasteiger partial charge in [-0.05, 0) is 86.2 Å². The van der Waals surface area contributed by atoms with Gasteiger partial charge >= 0.3 is 10.2 Å². The van der Waals surface area contributed by atoms with Crippen LogP contribution in [-0.4, -0.2) is 49.3 Å². The van der Waals surface area contributed by atoms with Crippen LogP contribution >= 0.6 is 0 Å². The van der Waals surface area contributed by atoms with Crippen molar-refractivity contribution in [3.05, 3.63) is 117 Å². The van der Waals surface area contributed by atoms with E-state index >= 15 is 0 Å². The summed E-state index contributed by atoms with van der Waals surface area (Å²) in [5.41, 5.74) is 4.59. The Hall–Kier alpha value is -5.78. The normalized spacial score (nSPS) is 14.9. The summed E-state index contributed by atoms with van der Waals surface area (Å²) in [6, 6.07) is 14.1. The number of carbonyl (C=O) groups excluding carboxylic acids is 1. The highest BCUT2D eigenvalue weighted by Crippen LogP contribution is 2.35. The van der Waals surface area contributed by atoms with Gasteiger partial charge in [0.15, 0.2) is 11.5 Å². The van der Waals surface area contributed by atoms with Gasteiger partial charge in [-0.25, -0.2) is 9.50 Å². The summed E-state index contributed by atoms with van der Waals surface area (Å²) in [7, 11) is -2.18. The number of hydrogen-bond acceptors (Lipinski definition) is 7. The topological polar surface area (TPSA) is 157 Å². The van der Waals surface area contributed by atoms with E-state index in [-0.39, 0.29) is 28.6 Å². The molecule has 14 heteroatoms. The number of aryl methyl sites for hydroxylation is 3. The largest absolute Gasteiger partial charge is 0.344 e. The maximum Gasteiger partial charge on any atom is 0.300 e. The monoisotopic (exact) mass is 701 g/mol. The molecule has 0 unspecified atom stereocenters. The minimum Gasteiger partial charge on any atom is -0.344 e. The molecule has 2 aliphatic carbocycles. The Kier molecular flexibility index (Phi) is 8.16. The lowest BCUT2D eigenvalue weighted by Crippen LogP contribution is -2.35. The first kappa shape index (κ1) is 32.4. The second-order valence-corrected chi connectivity index (χ2v) is 14.5. The smallest absolute Gasteiger partial charge is 0.300 e. The molecular formula is C37H35N9O4S. The number of hydrogen-bond donors (Lipinski definition) is 3. The fourth-order valence-electron chi connectivity index (χ4n) is 6.88. The molecular weight excluding hydrogens is 667 g/mol. The van der Waals surface area contributed by atoms with Crippen molar-refractivity contribution in [1.82, 2.24) is 39.0 Å². The lowest BCUT2D eigenvalue weighted by molar-refractivity contribution is 0.0941. The molecule has 4 heterocycles. The van der Waals surface area contributed by atoms with Crippen LogP contribution in [0.3, 0.4) is 0 Å². The molecule has 13 nitrogen and oxygen atoms in total. The van der Waals surface area contributed by atoms with Gasteiger partial charge in [-0.2, -0.15) is 18.2 Å². The number of amides is 1. The molecule has 8 rings (SSSR count). The van der Waals surface area contributed by atoms with Crippen molar-refractivity contribution < 1.29 is 13.2 Å². The van der Waals surface area contributed by atoms with Crippen molar-refractivity contribution in [3.8, 4) is 17.5 Å². The lowest BCUT2D eigenvalue weighted by atomic mass is 9.92. The van der Waals surface area contributed by atoms with E-state index in [9.17, 15) is 18.0 Å². The third-order valence-corrected chi connectivity index (χ3v) is 10.4. The number of para-hydroxylation sites is 1. The standard InChI is InChI=1S/C37H35N9O4S/c1-23(40-36(47)32-34(41-45-20-8-19-38-35(32)45)43-51(49,50)42-27-17-18-27)33-29-12-7-6-9-25-15-16-26(14-13-24-21-39-44(2)22-24)31(30(25)29)37(48)46(33)28-10-4-3-5-11-28/h3-5,8,10-11,15-16,19-23,27,42H,6-7,9,12,17-18H2,1-2H3,(H,40,47)(H,41,43)/t23-/m0/s1. The van der Waals surface area contributed by atoms with Crippen LogP contribution in [-0.2, 0) is 30.1 Å². The van der Waals surface area contributed by atoms with Gasteiger partial charge in [-0.1, -0.05) is 36.1 Å². The first-order valence-corrected chi connectivity index (χ1v) is 18.4. The minimum atomic E-state index is -4.01.